The minimum absolute atomic E-state index is 0.116. The average Bonchev–Trinajstić information content (AvgIpc) is 2.36. The van der Waals surface area contributed by atoms with Crippen LogP contribution in [-0.4, -0.2) is 38.3 Å². The number of pyridine rings is 1. The van der Waals surface area contributed by atoms with Crippen molar-refractivity contribution in [3.8, 4) is 5.88 Å². The Labute approximate surface area is 95.0 Å². The zero-order valence-electron chi connectivity index (χ0n) is 9.93. The summed E-state index contributed by atoms with van der Waals surface area (Å²) in [6.07, 6.45) is 1.12. The Kier molecular flexibility index (Phi) is 4.25. The fourth-order valence-corrected chi connectivity index (χ4v) is 1.19. The molecule has 0 aliphatic heterocycles. The molecule has 0 spiro atoms. The van der Waals surface area contributed by atoms with Crippen molar-refractivity contribution in [3.63, 3.8) is 0 Å². The summed E-state index contributed by atoms with van der Waals surface area (Å²) < 4.78 is 9.90. The number of carbonyl (C=O) groups excluding carboxylic acids is 1. The number of anilines is 1. The number of amides is 1. The summed E-state index contributed by atoms with van der Waals surface area (Å²) in [7, 11) is 4.73. The van der Waals surface area contributed by atoms with E-state index in [0.717, 1.165) is 0 Å². The van der Waals surface area contributed by atoms with Crippen molar-refractivity contribution in [1.29, 1.82) is 0 Å². The Hall–Kier alpha value is -1.62. The summed E-state index contributed by atoms with van der Waals surface area (Å²) in [4.78, 5) is 17.3. The van der Waals surface area contributed by atoms with Crippen molar-refractivity contribution >= 4 is 11.6 Å². The van der Waals surface area contributed by atoms with E-state index in [1.165, 1.54) is 12.0 Å². The Balaban J connectivity index is 2.79. The Morgan fingerprint density at radius 2 is 2.12 bits per heavy atom. The van der Waals surface area contributed by atoms with Gasteiger partial charge in [0.1, 0.15) is 6.10 Å². The van der Waals surface area contributed by atoms with Gasteiger partial charge in [-0.05, 0) is 13.0 Å². The molecular formula is C11H16N2O3. The number of nitrogens with zero attached hydrogens (tertiary/aromatic N) is 2. The van der Waals surface area contributed by atoms with Crippen LogP contribution < -0.4 is 9.64 Å². The maximum absolute atomic E-state index is 11.8. The van der Waals surface area contributed by atoms with Crippen LogP contribution in [0.25, 0.3) is 0 Å². The number of rotatable bonds is 4. The van der Waals surface area contributed by atoms with Gasteiger partial charge in [0.15, 0.2) is 0 Å². The topological polar surface area (TPSA) is 51.7 Å². The zero-order chi connectivity index (χ0) is 12.1. The second-order valence-corrected chi connectivity index (χ2v) is 3.33. The van der Waals surface area contributed by atoms with E-state index >= 15 is 0 Å². The van der Waals surface area contributed by atoms with Gasteiger partial charge < -0.3 is 14.4 Å². The van der Waals surface area contributed by atoms with Crippen LogP contribution >= 0.6 is 0 Å². The Morgan fingerprint density at radius 3 is 2.56 bits per heavy atom. The van der Waals surface area contributed by atoms with Crippen LogP contribution in [0.15, 0.2) is 18.3 Å². The number of methoxy groups -OCH3 is 2. The molecule has 88 valence electrons. The molecule has 0 fully saturated rings. The Bertz CT molecular complexity index is 351. The summed E-state index contributed by atoms with van der Waals surface area (Å²) in [5.41, 5.74) is 0.703. The fraction of sp³-hybridized carbons (Fsp3) is 0.455. The first-order valence-electron chi connectivity index (χ1n) is 4.90. The molecule has 1 amide bonds. The maximum Gasteiger partial charge on any atom is 0.255 e. The summed E-state index contributed by atoms with van der Waals surface area (Å²) in [6, 6.07) is 3.47. The molecule has 0 bridgehead atoms. The van der Waals surface area contributed by atoms with E-state index in [2.05, 4.69) is 4.98 Å². The van der Waals surface area contributed by atoms with Gasteiger partial charge in [0.2, 0.25) is 5.88 Å². The van der Waals surface area contributed by atoms with Gasteiger partial charge >= 0.3 is 0 Å². The number of ether oxygens (including phenoxy) is 2. The molecule has 1 rings (SSSR count). The van der Waals surface area contributed by atoms with Crippen molar-refractivity contribution in [2.24, 2.45) is 0 Å². The van der Waals surface area contributed by atoms with E-state index in [4.69, 9.17) is 9.47 Å². The van der Waals surface area contributed by atoms with E-state index in [1.54, 1.807) is 39.4 Å². The fourth-order valence-electron chi connectivity index (χ4n) is 1.19. The zero-order valence-corrected chi connectivity index (χ0v) is 9.93. The normalized spacial score (nSPS) is 12.0. The average molecular weight is 224 g/mol. The molecule has 1 aromatic rings. The van der Waals surface area contributed by atoms with Crippen LogP contribution in [0, 0.1) is 0 Å². The van der Waals surface area contributed by atoms with Crippen LogP contribution in [0.1, 0.15) is 6.92 Å². The maximum atomic E-state index is 11.8. The third-order valence-corrected chi connectivity index (χ3v) is 2.35. The molecule has 1 aromatic heterocycles. The molecule has 0 unspecified atom stereocenters. The molecule has 0 saturated carbocycles. The number of hydrogen-bond donors (Lipinski definition) is 0. The standard InChI is InChI=1S/C11H16N2O3/c1-8(15-3)11(14)13(2)9-5-6-10(16-4)12-7-9/h5-8H,1-4H3/t8-/m0/s1. The highest BCUT2D eigenvalue weighted by Crippen LogP contribution is 2.15. The lowest BCUT2D eigenvalue weighted by Gasteiger charge is -2.20. The minimum atomic E-state index is -0.466. The van der Waals surface area contributed by atoms with Gasteiger partial charge in [-0.2, -0.15) is 0 Å². The van der Waals surface area contributed by atoms with Crippen molar-refractivity contribution in [2.45, 2.75) is 13.0 Å². The van der Waals surface area contributed by atoms with Crippen molar-refractivity contribution in [1.82, 2.24) is 4.98 Å². The van der Waals surface area contributed by atoms with Crippen LogP contribution in [0.4, 0.5) is 5.69 Å². The molecule has 16 heavy (non-hydrogen) atoms. The highest BCUT2D eigenvalue weighted by molar-refractivity contribution is 5.95. The quantitative estimate of drug-likeness (QED) is 0.768. The SMILES string of the molecule is COc1ccc(N(C)C(=O)[C@H](C)OC)cn1. The predicted molar refractivity (Wildman–Crippen MR) is 60.7 cm³/mol. The third-order valence-electron chi connectivity index (χ3n) is 2.35. The highest BCUT2D eigenvalue weighted by Gasteiger charge is 2.18. The minimum Gasteiger partial charge on any atom is -0.481 e. The van der Waals surface area contributed by atoms with Crippen LogP contribution in [0.3, 0.4) is 0 Å². The molecule has 5 nitrogen and oxygen atoms in total. The van der Waals surface area contributed by atoms with Crippen LogP contribution in [-0.2, 0) is 9.53 Å². The molecule has 0 N–H and O–H groups in total. The van der Waals surface area contributed by atoms with Crippen molar-refractivity contribution < 1.29 is 14.3 Å². The summed E-state index contributed by atoms with van der Waals surface area (Å²) in [5.74, 6) is 0.402. The number of hydrogen-bond acceptors (Lipinski definition) is 4. The van der Waals surface area contributed by atoms with Gasteiger partial charge in [-0.1, -0.05) is 0 Å². The molecule has 0 aliphatic rings. The summed E-state index contributed by atoms with van der Waals surface area (Å²) in [6.45, 7) is 1.70. The monoisotopic (exact) mass is 224 g/mol. The largest absolute Gasteiger partial charge is 0.481 e. The predicted octanol–water partition coefficient (Wildman–Crippen LogP) is 1.09. The van der Waals surface area contributed by atoms with E-state index in [9.17, 15) is 4.79 Å². The van der Waals surface area contributed by atoms with Crippen LogP contribution in [0.2, 0.25) is 0 Å². The van der Waals surface area contributed by atoms with E-state index in [1.807, 2.05) is 0 Å². The van der Waals surface area contributed by atoms with E-state index < -0.39 is 6.10 Å². The van der Waals surface area contributed by atoms with Gasteiger partial charge in [0.05, 0.1) is 19.0 Å². The molecule has 0 radical (unpaired) electrons. The van der Waals surface area contributed by atoms with Gasteiger partial charge in [-0.3, -0.25) is 4.79 Å². The third kappa shape index (κ3) is 2.70. The van der Waals surface area contributed by atoms with Gasteiger partial charge in [-0.25, -0.2) is 4.98 Å². The first kappa shape index (κ1) is 12.4. The second-order valence-electron chi connectivity index (χ2n) is 3.33. The molecule has 1 atom stereocenters. The van der Waals surface area contributed by atoms with Gasteiger partial charge in [-0.15, -0.1) is 0 Å². The molecule has 5 heteroatoms. The van der Waals surface area contributed by atoms with E-state index in [0.29, 0.717) is 11.6 Å². The molecule has 0 aliphatic carbocycles. The lowest BCUT2D eigenvalue weighted by molar-refractivity contribution is -0.127. The second kappa shape index (κ2) is 5.46. The van der Waals surface area contributed by atoms with Gasteiger partial charge in [0.25, 0.3) is 5.91 Å². The Morgan fingerprint density at radius 1 is 1.44 bits per heavy atom. The van der Waals surface area contributed by atoms with Gasteiger partial charge in [0, 0.05) is 20.2 Å². The first-order valence-corrected chi connectivity index (χ1v) is 4.90. The molecule has 0 aromatic carbocycles. The number of likely N-dealkylation sites (N-methyl/N-ethyl adjacent to an activating group) is 1. The summed E-state index contributed by atoms with van der Waals surface area (Å²) >= 11 is 0. The lowest BCUT2D eigenvalue weighted by Crippen LogP contribution is -2.35. The smallest absolute Gasteiger partial charge is 0.255 e. The highest BCUT2D eigenvalue weighted by atomic mass is 16.5. The van der Waals surface area contributed by atoms with Crippen LogP contribution in [0.5, 0.6) is 5.88 Å². The lowest BCUT2D eigenvalue weighted by atomic mass is 10.3. The first-order chi connectivity index (χ1) is 7.60. The van der Waals surface area contributed by atoms with Crippen molar-refractivity contribution in [2.75, 3.05) is 26.2 Å². The van der Waals surface area contributed by atoms with E-state index in [-0.39, 0.29) is 5.91 Å². The number of carbonyl (C=O) groups is 1. The summed E-state index contributed by atoms with van der Waals surface area (Å²) in [5, 5.41) is 0. The number of aromatic nitrogens is 1. The van der Waals surface area contributed by atoms with Crippen molar-refractivity contribution in [3.05, 3.63) is 18.3 Å². The molecule has 0 saturated heterocycles. The molecule has 1 heterocycles. The molecular weight excluding hydrogens is 208 g/mol.